The molecule has 0 aliphatic rings. The topological polar surface area (TPSA) is 72.6 Å². The number of nitro benzene ring substituents is 1. The highest BCUT2D eigenvalue weighted by Crippen LogP contribution is 2.35. The second-order valence-corrected chi connectivity index (χ2v) is 5.35. The Balaban J connectivity index is 2.41. The molecule has 104 valence electrons. The Morgan fingerprint density at radius 2 is 1.95 bits per heavy atom. The van der Waals surface area contributed by atoms with Crippen LogP contribution in [0.25, 0.3) is 0 Å². The lowest BCUT2D eigenvalue weighted by Crippen LogP contribution is -1.98. The number of hydrogen-bond acceptors (Lipinski definition) is 4. The Hall–Kier alpha value is -1.67. The van der Waals surface area contributed by atoms with Gasteiger partial charge in [-0.1, -0.05) is 18.2 Å². The summed E-state index contributed by atoms with van der Waals surface area (Å²) in [5.74, 6) is 0.713. The number of nitro groups is 1. The van der Waals surface area contributed by atoms with Crippen LogP contribution in [0.2, 0.25) is 0 Å². The van der Waals surface area contributed by atoms with Crippen molar-refractivity contribution in [2.24, 2.45) is 0 Å². The van der Waals surface area contributed by atoms with Crippen LogP contribution in [-0.2, 0) is 0 Å². The number of benzene rings is 2. The second kappa shape index (κ2) is 6.19. The van der Waals surface area contributed by atoms with Crippen molar-refractivity contribution in [3.63, 3.8) is 0 Å². The minimum Gasteiger partial charge on any atom is -0.449 e. The van der Waals surface area contributed by atoms with Gasteiger partial charge >= 0.3 is 5.69 Å². The summed E-state index contributed by atoms with van der Waals surface area (Å²) in [6.07, 6.45) is -0.764. The predicted molar refractivity (Wildman–Crippen MR) is 83.0 cm³/mol. The van der Waals surface area contributed by atoms with E-state index in [1.165, 1.54) is 12.1 Å². The first-order valence-electron chi connectivity index (χ1n) is 5.88. The Morgan fingerprint density at radius 1 is 1.25 bits per heavy atom. The van der Waals surface area contributed by atoms with Gasteiger partial charge in [-0.05, 0) is 53.3 Å². The molecule has 0 heterocycles. The number of aliphatic hydroxyl groups excluding tert-OH is 1. The van der Waals surface area contributed by atoms with Crippen LogP contribution in [0, 0.1) is 13.7 Å². The summed E-state index contributed by atoms with van der Waals surface area (Å²) < 4.78 is 6.47. The van der Waals surface area contributed by atoms with Gasteiger partial charge in [-0.25, -0.2) is 0 Å². The molecule has 0 saturated heterocycles. The van der Waals surface area contributed by atoms with Gasteiger partial charge in [0.25, 0.3) is 0 Å². The van der Waals surface area contributed by atoms with E-state index in [9.17, 15) is 15.2 Å². The Kier molecular flexibility index (Phi) is 4.56. The average Bonchev–Trinajstić information content (AvgIpc) is 2.41. The summed E-state index contributed by atoms with van der Waals surface area (Å²) in [6, 6.07) is 11.7. The molecule has 0 radical (unpaired) electrons. The SMILES string of the molecule is C[C@H](O)c1ccc(Oc2ccccc2I)c([N+](=O)[O-])c1. The molecule has 0 amide bonds. The number of para-hydroxylation sites is 1. The first-order chi connectivity index (χ1) is 9.49. The number of ether oxygens (including phenoxy) is 1. The molecule has 1 atom stereocenters. The molecule has 0 bridgehead atoms. The van der Waals surface area contributed by atoms with E-state index in [1.807, 2.05) is 12.1 Å². The molecule has 6 heteroatoms. The molecule has 0 spiro atoms. The van der Waals surface area contributed by atoms with E-state index < -0.39 is 11.0 Å². The lowest BCUT2D eigenvalue weighted by Gasteiger charge is -2.10. The summed E-state index contributed by atoms with van der Waals surface area (Å²) in [6.45, 7) is 1.56. The van der Waals surface area contributed by atoms with Crippen LogP contribution < -0.4 is 4.74 Å². The molecular formula is C14H12INO4. The molecular weight excluding hydrogens is 373 g/mol. The molecule has 1 N–H and O–H groups in total. The highest BCUT2D eigenvalue weighted by Gasteiger charge is 2.18. The second-order valence-electron chi connectivity index (χ2n) is 4.19. The molecule has 20 heavy (non-hydrogen) atoms. The minimum absolute atomic E-state index is 0.156. The first-order valence-corrected chi connectivity index (χ1v) is 6.95. The number of hydrogen-bond donors (Lipinski definition) is 1. The molecule has 2 aromatic carbocycles. The molecule has 0 saturated carbocycles. The van der Waals surface area contributed by atoms with E-state index in [4.69, 9.17) is 4.74 Å². The smallest absolute Gasteiger partial charge is 0.311 e. The van der Waals surface area contributed by atoms with E-state index in [-0.39, 0.29) is 11.4 Å². The normalized spacial score (nSPS) is 11.9. The number of rotatable bonds is 4. The standard InChI is InChI=1S/C14H12INO4/c1-9(17)10-6-7-14(12(8-10)16(18)19)20-13-5-3-2-4-11(13)15/h2-9,17H,1H3/t9-/m0/s1. The third kappa shape index (κ3) is 3.26. The van der Waals surface area contributed by atoms with Gasteiger partial charge < -0.3 is 9.84 Å². The fourth-order valence-electron chi connectivity index (χ4n) is 1.67. The molecule has 0 aliphatic heterocycles. The van der Waals surface area contributed by atoms with Crippen LogP contribution in [0.3, 0.4) is 0 Å². The van der Waals surface area contributed by atoms with Crippen LogP contribution in [0.5, 0.6) is 11.5 Å². The van der Waals surface area contributed by atoms with Crippen molar-refractivity contribution in [2.75, 3.05) is 0 Å². The highest BCUT2D eigenvalue weighted by atomic mass is 127. The number of halogens is 1. The molecule has 5 nitrogen and oxygen atoms in total. The molecule has 0 aliphatic carbocycles. The summed E-state index contributed by atoms with van der Waals surface area (Å²) >= 11 is 2.10. The van der Waals surface area contributed by atoms with E-state index in [0.717, 1.165) is 3.57 Å². The van der Waals surface area contributed by atoms with Gasteiger partial charge in [0.05, 0.1) is 14.6 Å². The maximum absolute atomic E-state index is 11.1. The monoisotopic (exact) mass is 385 g/mol. The van der Waals surface area contributed by atoms with Gasteiger partial charge in [-0.2, -0.15) is 0 Å². The zero-order valence-electron chi connectivity index (χ0n) is 10.6. The van der Waals surface area contributed by atoms with Crippen LogP contribution in [0.15, 0.2) is 42.5 Å². The zero-order valence-corrected chi connectivity index (χ0v) is 12.8. The Labute approximate surface area is 129 Å². The number of nitrogens with zero attached hydrogens (tertiary/aromatic N) is 1. The van der Waals surface area contributed by atoms with Crippen LogP contribution in [0.4, 0.5) is 5.69 Å². The third-order valence-corrected chi connectivity index (χ3v) is 3.61. The molecule has 2 rings (SSSR count). The van der Waals surface area contributed by atoms with Crippen LogP contribution in [0.1, 0.15) is 18.6 Å². The average molecular weight is 385 g/mol. The summed E-state index contributed by atoms with van der Waals surface area (Å²) in [5, 5.41) is 20.6. The van der Waals surface area contributed by atoms with Crippen molar-refractivity contribution in [2.45, 2.75) is 13.0 Å². The van der Waals surface area contributed by atoms with Crippen LogP contribution >= 0.6 is 22.6 Å². The summed E-state index contributed by atoms with van der Waals surface area (Å²) in [4.78, 5) is 10.6. The van der Waals surface area contributed by atoms with Gasteiger partial charge in [0.1, 0.15) is 5.75 Å². The quantitative estimate of drug-likeness (QED) is 0.490. The highest BCUT2D eigenvalue weighted by molar-refractivity contribution is 14.1. The van der Waals surface area contributed by atoms with Gasteiger partial charge in [-0.3, -0.25) is 10.1 Å². The van der Waals surface area contributed by atoms with E-state index in [0.29, 0.717) is 11.3 Å². The van der Waals surface area contributed by atoms with Crippen molar-refractivity contribution in [1.29, 1.82) is 0 Å². The van der Waals surface area contributed by atoms with Crippen molar-refractivity contribution in [1.82, 2.24) is 0 Å². The largest absolute Gasteiger partial charge is 0.449 e. The summed E-state index contributed by atoms with van der Waals surface area (Å²) in [5.41, 5.74) is 0.315. The molecule has 2 aromatic rings. The fourth-order valence-corrected chi connectivity index (χ4v) is 2.17. The van der Waals surface area contributed by atoms with Crippen molar-refractivity contribution in [3.8, 4) is 11.5 Å². The van der Waals surface area contributed by atoms with E-state index in [2.05, 4.69) is 22.6 Å². The van der Waals surface area contributed by atoms with Gasteiger partial charge in [0.15, 0.2) is 0 Å². The first kappa shape index (κ1) is 14.7. The Bertz CT molecular complexity index is 643. The molecule has 0 fully saturated rings. The van der Waals surface area contributed by atoms with E-state index >= 15 is 0 Å². The lowest BCUT2D eigenvalue weighted by atomic mass is 10.1. The van der Waals surface area contributed by atoms with Crippen molar-refractivity contribution >= 4 is 28.3 Å². The van der Waals surface area contributed by atoms with Crippen molar-refractivity contribution < 1.29 is 14.8 Å². The lowest BCUT2D eigenvalue weighted by molar-refractivity contribution is -0.385. The van der Waals surface area contributed by atoms with Crippen molar-refractivity contribution in [3.05, 3.63) is 61.7 Å². The predicted octanol–water partition coefficient (Wildman–Crippen LogP) is 4.05. The fraction of sp³-hybridized carbons (Fsp3) is 0.143. The molecule has 0 unspecified atom stereocenters. The maximum atomic E-state index is 11.1. The van der Waals surface area contributed by atoms with Crippen LogP contribution in [-0.4, -0.2) is 10.0 Å². The maximum Gasteiger partial charge on any atom is 0.311 e. The van der Waals surface area contributed by atoms with Gasteiger partial charge in [-0.15, -0.1) is 0 Å². The minimum atomic E-state index is -0.764. The van der Waals surface area contributed by atoms with E-state index in [1.54, 1.807) is 25.1 Å². The third-order valence-electron chi connectivity index (χ3n) is 2.72. The van der Waals surface area contributed by atoms with Gasteiger partial charge in [0.2, 0.25) is 5.75 Å². The molecule has 0 aromatic heterocycles. The summed E-state index contributed by atoms with van der Waals surface area (Å²) in [7, 11) is 0. The zero-order chi connectivity index (χ0) is 14.7. The van der Waals surface area contributed by atoms with Gasteiger partial charge in [0, 0.05) is 6.07 Å². The number of aliphatic hydroxyl groups is 1. The Morgan fingerprint density at radius 3 is 2.55 bits per heavy atom.